The van der Waals surface area contributed by atoms with E-state index in [1.54, 1.807) is 18.2 Å². The zero-order valence-electron chi connectivity index (χ0n) is 11.0. The number of hydrogen-bond acceptors (Lipinski definition) is 4. The number of carbonyl (C=O) groups is 1. The molecule has 0 aliphatic carbocycles. The molecule has 0 aliphatic heterocycles. The second-order valence-corrected chi connectivity index (χ2v) is 5.30. The second-order valence-electron chi connectivity index (χ2n) is 4.38. The van der Waals surface area contributed by atoms with Crippen molar-refractivity contribution in [2.75, 3.05) is 0 Å². The first-order valence-corrected chi connectivity index (χ1v) is 7.05. The number of hydrogen-bond donors (Lipinski definition) is 2. The number of carboxylic acids is 1. The Labute approximate surface area is 130 Å². The van der Waals surface area contributed by atoms with Crippen LogP contribution in [-0.4, -0.2) is 16.2 Å². The Morgan fingerprint density at radius 3 is 2.48 bits per heavy atom. The van der Waals surface area contributed by atoms with Gasteiger partial charge in [-0.25, -0.2) is 0 Å². The van der Waals surface area contributed by atoms with Crippen LogP contribution in [0.1, 0.15) is 12.0 Å². The van der Waals surface area contributed by atoms with Gasteiger partial charge in [-0.2, -0.15) is 10.2 Å². The van der Waals surface area contributed by atoms with Gasteiger partial charge < -0.3 is 10.2 Å². The number of phenolic OH excluding ortho intramolecular Hbond substituents is 1. The molecule has 0 amide bonds. The fourth-order valence-corrected chi connectivity index (χ4v) is 1.98. The zero-order chi connectivity index (χ0) is 15.2. The SMILES string of the molecule is O=C(O)CCc1ccc(O)cc1N=Nc1ccc(Br)cc1. The van der Waals surface area contributed by atoms with Crippen LogP contribution >= 0.6 is 15.9 Å². The number of phenols is 1. The van der Waals surface area contributed by atoms with Gasteiger partial charge in [0.05, 0.1) is 11.4 Å². The van der Waals surface area contributed by atoms with Gasteiger partial charge in [-0.15, -0.1) is 0 Å². The van der Waals surface area contributed by atoms with Crippen LogP contribution < -0.4 is 0 Å². The van der Waals surface area contributed by atoms with E-state index < -0.39 is 5.97 Å². The minimum Gasteiger partial charge on any atom is -0.508 e. The van der Waals surface area contributed by atoms with Crippen LogP contribution in [0.3, 0.4) is 0 Å². The summed E-state index contributed by atoms with van der Waals surface area (Å²) in [6, 6.07) is 11.9. The Kier molecular flexibility index (Phi) is 5.05. The van der Waals surface area contributed by atoms with Crippen LogP contribution in [0.15, 0.2) is 57.2 Å². The van der Waals surface area contributed by atoms with Gasteiger partial charge >= 0.3 is 5.97 Å². The number of aryl methyl sites for hydroxylation is 1. The maximum absolute atomic E-state index is 10.7. The summed E-state index contributed by atoms with van der Waals surface area (Å²) >= 11 is 3.34. The summed E-state index contributed by atoms with van der Waals surface area (Å²) in [6.07, 6.45) is 0.343. The number of aliphatic carboxylic acids is 1. The van der Waals surface area contributed by atoms with Gasteiger partial charge in [0.1, 0.15) is 5.75 Å². The van der Waals surface area contributed by atoms with E-state index in [1.807, 2.05) is 12.1 Å². The number of azo groups is 1. The summed E-state index contributed by atoms with van der Waals surface area (Å²) in [6.45, 7) is 0. The topological polar surface area (TPSA) is 82.2 Å². The van der Waals surface area contributed by atoms with E-state index in [9.17, 15) is 9.90 Å². The number of benzene rings is 2. The molecule has 0 radical (unpaired) electrons. The first kappa shape index (κ1) is 15.2. The van der Waals surface area contributed by atoms with Crippen molar-refractivity contribution < 1.29 is 15.0 Å². The van der Waals surface area contributed by atoms with Crippen LogP contribution in [0, 0.1) is 0 Å². The molecule has 0 unspecified atom stereocenters. The smallest absolute Gasteiger partial charge is 0.303 e. The Morgan fingerprint density at radius 2 is 1.81 bits per heavy atom. The molecule has 5 nitrogen and oxygen atoms in total. The molecule has 2 aromatic rings. The van der Waals surface area contributed by atoms with Crippen molar-refractivity contribution in [1.82, 2.24) is 0 Å². The highest BCUT2D eigenvalue weighted by Crippen LogP contribution is 2.28. The zero-order valence-corrected chi connectivity index (χ0v) is 12.6. The molecule has 0 atom stereocenters. The number of rotatable bonds is 5. The molecule has 0 spiro atoms. The van der Waals surface area contributed by atoms with Crippen molar-refractivity contribution in [2.45, 2.75) is 12.8 Å². The van der Waals surface area contributed by atoms with Crippen LogP contribution in [0.25, 0.3) is 0 Å². The number of carboxylic acid groups (broad SMARTS) is 1. The van der Waals surface area contributed by atoms with Crippen LogP contribution in [-0.2, 0) is 11.2 Å². The van der Waals surface area contributed by atoms with Crippen molar-refractivity contribution in [2.24, 2.45) is 10.2 Å². The molecule has 2 N–H and O–H groups in total. The fraction of sp³-hybridized carbons (Fsp3) is 0.133. The van der Waals surface area contributed by atoms with Crippen LogP contribution in [0.5, 0.6) is 5.75 Å². The van der Waals surface area contributed by atoms with Crippen molar-refractivity contribution >= 4 is 33.3 Å². The number of aromatic hydroxyl groups is 1. The first-order chi connectivity index (χ1) is 10.0. The lowest BCUT2D eigenvalue weighted by Crippen LogP contribution is -1.97. The lowest BCUT2D eigenvalue weighted by Gasteiger charge is -2.04. The monoisotopic (exact) mass is 348 g/mol. The molecule has 2 aromatic carbocycles. The highest BCUT2D eigenvalue weighted by molar-refractivity contribution is 9.10. The van der Waals surface area contributed by atoms with Crippen molar-refractivity contribution in [3.05, 3.63) is 52.5 Å². The van der Waals surface area contributed by atoms with Gasteiger partial charge in [0, 0.05) is 17.0 Å². The Morgan fingerprint density at radius 1 is 1.10 bits per heavy atom. The van der Waals surface area contributed by atoms with Gasteiger partial charge in [0.25, 0.3) is 0 Å². The molecule has 0 aliphatic rings. The van der Waals surface area contributed by atoms with E-state index in [0.717, 1.165) is 10.0 Å². The van der Waals surface area contributed by atoms with Gasteiger partial charge in [-0.1, -0.05) is 22.0 Å². The number of halogens is 1. The van der Waals surface area contributed by atoms with E-state index in [1.165, 1.54) is 12.1 Å². The minimum absolute atomic E-state index is 0.00553. The Bertz CT molecular complexity index is 669. The molecule has 108 valence electrons. The third-order valence-electron chi connectivity index (χ3n) is 2.78. The second kappa shape index (κ2) is 6.99. The van der Waals surface area contributed by atoms with Crippen LogP contribution in [0.2, 0.25) is 0 Å². The molecule has 0 saturated heterocycles. The molecule has 0 heterocycles. The molecule has 6 heteroatoms. The van der Waals surface area contributed by atoms with E-state index in [2.05, 4.69) is 26.2 Å². The summed E-state index contributed by atoms with van der Waals surface area (Å²) < 4.78 is 0.945. The molecular formula is C15H13BrN2O3. The summed E-state index contributed by atoms with van der Waals surface area (Å²) in [5.41, 5.74) is 1.88. The maximum atomic E-state index is 10.7. The maximum Gasteiger partial charge on any atom is 0.303 e. The van der Waals surface area contributed by atoms with Crippen LogP contribution in [0.4, 0.5) is 11.4 Å². The van der Waals surface area contributed by atoms with Gasteiger partial charge in [0.15, 0.2) is 0 Å². The lowest BCUT2D eigenvalue weighted by atomic mass is 10.1. The summed E-state index contributed by atoms with van der Waals surface area (Å²) in [4.78, 5) is 10.7. The summed E-state index contributed by atoms with van der Waals surface area (Å²) in [5, 5.41) is 26.5. The predicted octanol–water partition coefficient (Wildman–Crippen LogP) is 4.59. The third-order valence-corrected chi connectivity index (χ3v) is 3.31. The standard InChI is InChI=1S/C15H13BrN2O3/c16-11-3-5-12(6-4-11)17-18-14-9-13(19)7-1-10(14)2-8-15(20)21/h1,3-7,9,19H,2,8H2,(H,20,21). The molecule has 2 rings (SSSR count). The average molecular weight is 349 g/mol. The average Bonchev–Trinajstić information content (AvgIpc) is 2.45. The van der Waals surface area contributed by atoms with Gasteiger partial charge in [-0.05, 0) is 42.3 Å². The predicted molar refractivity (Wildman–Crippen MR) is 82.4 cm³/mol. The summed E-state index contributed by atoms with van der Waals surface area (Å²) in [7, 11) is 0. The third kappa shape index (κ3) is 4.68. The molecule has 21 heavy (non-hydrogen) atoms. The molecule has 0 aromatic heterocycles. The Balaban J connectivity index is 2.22. The normalized spacial score (nSPS) is 10.9. The van der Waals surface area contributed by atoms with Crippen molar-refractivity contribution in [3.8, 4) is 5.75 Å². The quantitative estimate of drug-likeness (QED) is 0.775. The molecular weight excluding hydrogens is 336 g/mol. The van der Waals surface area contributed by atoms with Crippen molar-refractivity contribution in [3.63, 3.8) is 0 Å². The molecule has 0 fully saturated rings. The van der Waals surface area contributed by atoms with Gasteiger partial charge in [0.2, 0.25) is 0 Å². The van der Waals surface area contributed by atoms with Gasteiger partial charge in [-0.3, -0.25) is 4.79 Å². The van der Waals surface area contributed by atoms with E-state index in [-0.39, 0.29) is 12.2 Å². The fourth-order valence-electron chi connectivity index (χ4n) is 1.72. The molecule has 0 bridgehead atoms. The first-order valence-electron chi connectivity index (χ1n) is 6.25. The lowest BCUT2D eigenvalue weighted by molar-refractivity contribution is -0.136. The largest absolute Gasteiger partial charge is 0.508 e. The van der Waals surface area contributed by atoms with E-state index >= 15 is 0 Å². The van der Waals surface area contributed by atoms with E-state index in [0.29, 0.717) is 17.8 Å². The highest BCUT2D eigenvalue weighted by Gasteiger charge is 2.06. The summed E-state index contributed by atoms with van der Waals surface area (Å²) in [5.74, 6) is -0.808. The molecule has 0 saturated carbocycles. The number of nitrogens with zero attached hydrogens (tertiary/aromatic N) is 2. The van der Waals surface area contributed by atoms with Crippen molar-refractivity contribution in [1.29, 1.82) is 0 Å². The highest BCUT2D eigenvalue weighted by atomic mass is 79.9. The minimum atomic E-state index is -0.876. The van der Waals surface area contributed by atoms with E-state index in [4.69, 9.17) is 5.11 Å². The Hall–Kier alpha value is -2.21.